The van der Waals surface area contributed by atoms with Crippen LogP contribution in [0.15, 0.2) is 57.4 Å². The first-order chi connectivity index (χ1) is 14.4. The zero-order chi connectivity index (χ0) is 21.7. The monoisotopic (exact) mass is 488 g/mol. The van der Waals surface area contributed by atoms with Gasteiger partial charge in [0.15, 0.2) is 5.11 Å². The smallest absolute Gasteiger partial charge is 0.257 e. The Hall–Kier alpha value is -2.68. The molecule has 0 aliphatic carbocycles. The average Bonchev–Trinajstić information content (AvgIpc) is 3.20. The Balaban J connectivity index is 1.70. The van der Waals surface area contributed by atoms with Crippen LogP contribution in [0.4, 0.5) is 5.69 Å². The fourth-order valence-corrected chi connectivity index (χ4v) is 3.47. The van der Waals surface area contributed by atoms with Crippen LogP contribution < -0.4 is 15.4 Å². The van der Waals surface area contributed by atoms with E-state index in [0.29, 0.717) is 33.9 Å². The molecule has 0 spiro atoms. The lowest BCUT2D eigenvalue weighted by atomic mass is 10.1. The summed E-state index contributed by atoms with van der Waals surface area (Å²) < 4.78 is 11.7. The first-order valence-electron chi connectivity index (χ1n) is 9.26. The van der Waals surface area contributed by atoms with E-state index in [0.717, 1.165) is 16.8 Å². The first kappa shape index (κ1) is 22.0. The summed E-state index contributed by atoms with van der Waals surface area (Å²) in [5, 5.41) is 15.1. The van der Waals surface area contributed by atoms with Crippen molar-refractivity contribution in [3.63, 3.8) is 0 Å². The maximum atomic E-state index is 12.5. The second kappa shape index (κ2) is 9.88. The Bertz CT molecular complexity index is 1080. The van der Waals surface area contributed by atoms with Gasteiger partial charge < -0.3 is 19.6 Å². The predicted octanol–water partition coefficient (Wildman–Crippen LogP) is 5.04. The van der Waals surface area contributed by atoms with E-state index < -0.39 is 0 Å². The van der Waals surface area contributed by atoms with E-state index in [-0.39, 0.29) is 17.6 Å². The Morgan fingerprint density at radius 1 is 1.20 bits per heavy atom. The van der Waals surface area contributed by atoms with Gasteiger partial charge in [-0.15, -0.1) is 0 Å². The molecule has 1 aromatic heterocycles. The number of aryl methyl sites for hydroxylation is 1. The van der Waals surface area contributed by atoms with Gasteiger partial charge in [0.25, 0.3) is 5.91 Å². The van der Waals surface area contributed by atoms with E-state index in [1.54, 1.807) is 30.3 Å². The summed E-state index contributed by atoms with van der Waals surface area (Å²) in [7, 11) is 0. The largest absolute Gasteiger partial charge is 0.493 e. The molecule has 0 radical (unpaired) electrons. The summed E-state index contributed by atoms with van der Waals surface area (Å²) in [6.07, 6.45) is 0. The highest BCUT2D eigenvalue weighted by molar-refractivity contribution is 9.10. The number of rotatable bonds is 6. The summed E-state index contributed by atoms with van der Waals surface area (Å²) in [6, 6.07) is 14.3. The summed E-state index contributed by atoms with van der Waals surface area (Å²) >= 11 is 8.72. The topological polar surface area (TPSA) is 83.7 Å². The van der Waals surface area contributed by atoms with Crippen LogP contribution in [0.1, 0.15) is 28.6 Å². The molecule has 3 N–H and O–H groups in total. The van der Waals surface area contributed by atoms with Crippen molar-refractivity contribution < 1.29 is 19.1 Å². The minimum Gasteiger partial charge on any atom is -0.493 e. The van der Waals surface area contributed by atoms with E-state index >= 15 is 0 Å². The van der Waals surface area contributed by atoms with Gasteiger partial charge >= 0.3 is 0 Å². The molecule has 8 heteroatoms. The van der Waals surface area contributed by atoms with Crippen molar-refractivity contribution in [1.29, 1.82) is 0 Å². The lowest BCUT2D eigenvalue weighted by Crippen LogP contribution is -2.34. The standard InChI is InChI=1S/C22H21BrN2O4S/c1-3-28-20-8-6-15(10-17(20)23)21(27)25-22(30)24-18-11-14(5-4-13(18)2)19-9-7-16(12-26)29-19/h4-11,26H,3,12H2,1-2H3,(H2,24,25,27,30). The molecule has 0 saturated carbocycles. The Morgan fingerprint density at radius 3 is 2.67 bits per heavy atom. The number of furan rings is 1. The van der Waals surface area contributed by atoms with Crippen molar-refractivity contribution in [3.05, 3.63) is 69.9 Å². The summed E-state index contributed by atoms with van der Waals surface area (Å²) in [6.45, 7) is 4.21. The minimum absolute atomic E-state index is 0.158. The molecule has 0 aliphatic rings. The van der Waals surface area contributed by atoms with Gasteiger partial charge in [0.1, 0.15) is 23.9 Å². The molecule has 0 unspecified atom stereocenters. The van der Waals surface area contributed by atoms with E-state index in [1.165, 1.54) is 0 Å². The van der Waals surface area contributed by atoms with Gasteiger partial charge in [-0.25, -0.2) is 0 Å². The maximum absolute atomic E-state index is 12.5. The van der Waals surface area contributed by atoms with Crippen molar-refractivity contribution in [2.45, 2.75) is 20.5 Å². The highest BCUT2D eigenvalue weighted by Gasteiger charge is 2.13. The maximum Gasteiger partial charge on any atom is 0.257 e. The number of thiocarbonyl (C=S) groups is 1. The number of amides is 1. The van der Waals surface area contributed by atoms with Crippen molar-refractivity contribution in [3.8, 4) is 17.1 Å². The molecule has 0 saturated heterocycles. The van der Waals surface area contributed by atoms with Crippen LogP contribution in [0.2, 0.25) is 0 Å². The number of halogens is 1. The highest BCUT2D eigenvalue weighted by Crippen LogP contribution is 2.28. The molecule has 0 aliphatic heterocycles. The highest BCUT2D eigenvalue weighted by atomic mass is 79.9. The van der Waals surface area contributed by atoms with Crippen LogP contribution in [0.5, 0.6) is 5.75 Å². The Labute approximate surface area is 188 Å². The molecule has 0 fully saturated rings. The number of anilines is 1. The molecule has 0 bridgehead atoms. The molecule has 0 atom stereocenters. The number of carbonyl (C=O) groups is 1. The molecular weight excluding hydrogens is 468 g/mol. The molecule has 1 heterocycles. The quantitative estimate of drug-likeness (QED) is 0.421. The number of hydrogen-bond donors (Lipinski definition) is 3. The van der Waals surface area contributed by atoms with E-state index in [9.17, 15) is 9.90 Å². The van der Waals surface area contributed by atoms with Crippen molar-refractivity contribution in [2.75, 3.05) is 11.9 Å². The number of nitrogens with one attached hydrogen (secondary N) is 2. The second-order valence-electron chi connectivity index (χ2n) is 6.44. The van der Waals surface area contributed by atoms with E-state index in [4.69, 9.17) is 21.4 Å². The third-order valence-corrected chi connectivity index (χ3v) is 5.13. The van der Waals surface area contributed by atoms with Gasteiger partial charge in [-0.1, -0.05) is 12.1 Å². The van der Waals surface area contributed by atoms with E-state index in [2.05, 4.69) is 26.6 Å². The number of hydrogen-bond acceptors (Lipinski definition) is 5. The number of benzene rings is 2. The SMILES string of the molecule is CCOc1ccc(C(=O)NC(=S)Nc2cc(-c3ccc(CO)o3)ccc2C)cc1Br. The molecular formula is C22H21BrN2O4S. The van der Waals surface area contributed by atoms with Crippen molar-refractivity contribution >= 4 is 44.9 Å². The van der Waals surface area contributed by atoms with Gasteiger partial charge in [-0.3, -0.25) is 10.1 Å². The Morgan fingerprint density at radius 2 is 2.00 bits per heavy atom. The van der Waals surface area contributed by atoms with Crippen LogP contribution in [-0.2, 0) is 6.61 Å². The van der Waals surface area contributed by atoms with Gasteiger partial charge in [-0.2, -0.15) is 0 Å². The molecule has 2 aromatic carbocycles. The average molecular weight is 489 g/mol. The zero-order valence-electron chi connectivity index (χ0n) is 16.5. The van der Waals surface area contributed by atoms with Gasteiger partial charge in [0, 0.05) is 16.8 Å². The molecule has 6 nitrogen and oxygen atoms in total. The zero-order valence-corrected chi connectivity index (χ0v) is 18.9. The summed E-state index contributed by atoms with van der Waals surface area (Å²) in [4.78, 5) is 12.5. The van der Waals surface area contributed by atoms with Crippen molar-refractivity contribution in [1.82, 2.24) is 5.32 Å². The van der Waals surface area contributed by atoms with Crippen LogP contribution >= 0.6 is 28.1 Å². The third kappa shape index (κ3) is 5.27. The molecule has 156 valence electrons. The number of aliphatic hydroxyl groups excluding tert-OH is 1. The normalized spacial score (nSPS) is 10.5. The van der Waals surface area contributed by atoms with Gasteiger partial charge in [-0.05, 0) is 84.0 Å². The van der Waals surface area contributed by atoms with E-state index in [1.807, 2.05) is 32.0 Å². The predicted molar refractivity (Wildman–Crippen MR) is 124 cm³/mol. The first-order valence-corrected chi connectivity index (χ1v) is 10.5. The fourth-order valence-electron chi connectivity index (χ4n) is 2.77. The van der Waals surface area contributed by atoms with Gasteiger partial charge in [0.05, 0.1) is 11.1 Å². The van der Waals surface area contributed by atoms with Crippen LogP contribution in [0.3, 0.4) is 0 Å². The second-order valence-corrected chi connectivity index (χ2v) is 7.70. The molecule has 3 rings (SSSR count). The summed E-state index contributed by atoms with van der Waals surface area (Å²) in [5.74, 6) is 1.47. The Kier molecular flexibility index (Phi) is 7.25. The number of carbonyl (C=O) groups excluding carboxylic acids is 1. The minimum atomic E-state index is -0.330. The van der Waals surface area contributed by atoms with Crippen LogP contribution in [0, 0.1) is 6.92 Å². The third-order valence-electron chi connectivity index (χ3n) is 4.31. The van der Waals surface area contributed by atoms with Crippen LogP contribution in [0.25, 0.3) is 11.3 Å². The molecule has 1 amide bonds. The molecule has 3 aromatic rings. The van der Waals surface area contributed by atoms with Gasteiger partial charge in [0.2, 0.25) is 0 Å². The lowest BCUT2D eigenvalue weighted by Gasteiger charge is -2.13. The molecule has 30 heavy (non-hydrogen) atoms. The number of aliphatic hydroxyl groups is 1. The van der Waals surface area contributed by atoms with Crippen molar-refractivity contribution in [2.24, 2.45) is 0 Å². The lowest BCUT2D eigenvalue weighted by molar-refractivity contribution is 0.0977. The number of ether oxygens (including phenoxy) is 1. The summed E-state index contributed by atoms with van der Waals surface area (Å²) in [5.41, 5.74) is 2.97. The van der Waals surface area contributed by atoms with Crippen LogP contribution in [-0.4, -0.2) is 22.7 Å². The fraction of sp³-hybridized carbons (Fsp3) is 0.182.